The van der Waals surface area contributed by atoms with Gasteiger partial charge in [0.25, 0.3) is 0 Å². The summed E-state index contributed by atoms with van der Waals surface area (Å²) in [5.41, 5.74) is 0. The molecular formula is C6H16Br2O2Zr. The number of aliphatic hydroxyl groups excluding tert-OH is 2. The molecule has 0 fully saturated rings. The standard InChI is InChI=1S/2C3H8O.2BrH.Zr/c2*1-3(2)4;;;/h2*3-4H,1-2H3;2*1H;/q;;;;+2/p-2. The molecule has 11 heavy (non-hydrogen) atoms. The number of hydrogen-bond donors (Lipinski definition) is 2. The van der Waals surface area contributed by atoms with Crippen molar-refractivity contribution < 1.29 is 28.7 Å². The maximum atomic E-state index is 8.06. The molecule has 0 bridgehead atoms. The zero-order valence-electron chi connectivity index (χ0n) is 7.31. The molecule has 0 aliphatic heterocycles. The Morgan fingerprint density at radius 1 is 0.909 bits per heavy atom. The monoisotopic (exact) mass is 368 g/mol. The molecule has 2 N–H and O–H groups in total. The molecule has 0 aromatic carbocycles. The second-order valence-electron chi connectivity index (χ2n) is 2.26. The van der Waals surface area contributed by atoms with Gasteiger partial charge in [0.2, 0.25) is 0 Å². The topological polar surface area (TPSA) is 40.5 Å². The SMILES string of the molecule is CC(C)O.CC(C)O.[Br][Zr][Br]. The molecule has 0 amide bonds. The first kappa shape index (κ1) is 18.5. The summed E-state index contributed by atoms with van der Waals surface area (Å²) in [6, 6.07) is 0. The zero-order valence-corrected chi connectivity index (χ0v) is 12.9. The van der Waals surface area contributed by atoms with E-state index in [9.17, 15) is 0 Å². The van der Waals surface area contributed by atoms with Crippen LogP contribution in [0.25, 0.3) is 0 Å². The van der Waals surface area contributed by atoms with Crippen molar-refractivity contribution in [2.45, 2.75) is 39.9 Å². The van der Waals surface area contributed by atoms with E-state index in [4.69, 9.17) is 10.2 Å². The van der Waals surface area contributed by atoms with Gasteiger partial charge in [-0.15, -0.1) is 0 Å². The van der Waals surface area contributed by atoms with Crippen LogP contribution in [0.3, 0.4) is 0 Å². The summed E-state index contributed by atoms with van der Waals surface area (Å²) in [5, 5.41) is 16.1. The minimum atomic E-state index is -0.167. The van der Waals surface area contributed by atoms with Gasteiger partial charge in [-0.2, -0.15) is 0 Å². The first-order valence-corrected chi connectivity index (χ1v) is 14.4. The Balaban J connectivity index is -0.0000000886. The summed E-state index contributed by atoms with van der Waals surface area (Å²) in [5.74, 6) is 0. The summed E-state index contributed by atoms with van der Waals surface area (Å²) in [7, 11) is 0. The molecule has 0 spiro atoms. The fourth-order valence-electron chi connectivity index (χ4n) is 0. The van der Waals surface area contributed by atoms with Crippen LogP contribution in [0.5, 0.6) is 0 Å². The molecule has 0 atom stereocenters. The summed E-state index contributed by atoms with van der Waals surface area (Å²) in [6.07, 6.45) is -0.333. The first-order chi connectivity index (χ1) is 4.88. The van der Waals surface area contributed by atoms with Crippen molar-refractivity contribution in [3.8, 4) is 0 Å². The van der Waals surface area contributed by atoms with Crippen LogP contribution in [0, 0.1) is 0 Å². The average Bonchev–Trinajstić information content (AvgIpc) is 1.60. The Hall–Kier alpha value is 1.76. The number of halogens is 2. The van der Waals surface area contributed by atoms with Crippen LogP contribution in [0.1, 0.15) is 27.7 Å². The van der Waals surface area contributed by atoms with Gasteiger partial charge in [0.05, 0.1) is 0 Å². The second kappa shape index (κ2) is 17.7. The maximum absolute atomic E-state index is 8.06. The summed E-state index contributed by atoms with van der Waals surface area (Å²) in [4.78, 5) is 0. The third-order valence-electron chi connectivity index (χ3n) is 0. The zero-order chi connectivity index (χ0) is 9.86. The van der Waals surface area contributed by atoms with Crippen LogP contribution in [-0.4, -0.2) is 22.4 Å². The quantitative estimate of drug-likeness (QED) is 0.687. The van der Waals surface area contributed by atoms with Crippen molar-refractivity contribution in [1.82, 2.24) is 0 Å². The molecule has 2 nitrogen and oxygen atoms in total. The van der Waals surface area contributed by atoms with Crippen molar-refractivity contribution in [3.05, 3.63) is 0 Å². The summed E-state index contributed by atoms with van der Waals surface area (Å²) < 4.78 is 0. The molecule has 0 radical (unpaired) electrons. The van der Waals surface area contributed by atoms with E-state index in [-0.39, 0.29) is 30.7 Å². The van der Waals surface area contributed by atoms with Crippen LogP contribution in [0.2, 0.25) is 0 Å². The van der Waals surface area contributed by atoms with Crippen LogP contribution in [-0.2, 0) is 18.5 Å². The van der Waals surface area contributed by atoms with E-state index in [1.807, 2.05) is 0 Å². The van der Waals surface area contributed by atoms with Crippen molar-refractivity contribution >= 4 is 24.4 Å². The molecule has 0 aliphatic carbocycles. The van der Waals surface area contributed by atoms with E-state index >= 15 is 0 Å². The Morgan fingerprint density at radius 3 is 0.909 bits per heavy atom. The van der Waals surface area contributed by atoms with E-state index in [1.165, 1.54) is 0 Å². The van der Waals surface area contributed by atoms with E-state index in [0.717, 1.165) is 0 Å². The number of rotatable bonds is 0. The van der Waals surface area contributed by atoms with Crippen molar-refractivity contribution in [2.24, 2.45) is 0 Å². The summed E-state index contributed by atoms with van der Waals surface area (Å²) in [6.45, 7) is 6.89. The molecule has 0 rings (SSSR count). The fourth-order valence-corrected chi connectivity index (χ4v) is 0. The Labute approximate surface area is 92.2 Å². The first-order valence-electron chi connectivity index (χ1n) is 3.20. The van der Waals surface area contributed by atoms with Crippen LogP contribution in [0.15, 0.2) is 0 Å². The molecule has 0 saturated heterocycles. The second-order valence-corrected chi connectivity index (χ2v) is 13.6. The average molecular weight is 371 g/mol. The van der Waals surface area contributed by atoms with Crippen molar-refractivity contribution in [2.75, 3.05) is 0 Å². The van der Waals surface area contributed by atoms with E-state index in [0.29, 0.717) is 0 Å². The van der Waals surface area contributed by atoms with Gasteiger partial charge in [-0.05, 0) is 27.7 Å². The van der Waals surface area contributed by atoms with Gasteiger partial charge in [0.15, 0.2) is 0 Å². The van der Waals surface area contributed by atoms with Crippen LogP contribution >= 0.6 is 24.4 Å². The van der Waals surface area contributed by atoms with Gasteiger partial charge in [0.1, 0.15) is 0 Å². The van der Waals surface area contributed by atoms with Crippen molar-refractivity contribution in [1.29, 1.82) is 0 Å². The predicted octanol–water partition coefficient (Wildman–Crippen LogP) is 2.46. The molecule has 0 aliphatic rings. The molecule has 0 aromatic rings. The van der Waals surface area contributed by atoms with Gasteiger partial charge in [-0.3, -0.25) is 0 Å². The summed E-state index contributed by atoms with van der Waals surface area (Å²) >= 11 is 6.32. The van der Waals surface area contributed by atoms with Gasteiger partial charge in [0, 0.05) is 12.2 Å². The van der Waals surface area contributed by atoms with Crippen molar-refractivity contribution in [3.63, 3.8) is 0 Å². The Kier molecular flexibility index (Phi) is 29.9. The van der Waals surface area contributed by atoms with Gasteiger partial charge < -0.3 is 10.2 Å². The normalized spacial score (nSPS) is 7.82. The molecular weight excluding hydrogens is 355 g/mol. The fraction of sp³-hybridized carbons (Fsp3) is 1.00. The third kappa shape index (κ3) is 361. The van der Waals surface area contributed by atoms with E-state index in [2.05, 4.69) is 24.4 Å². The third-order valence-corrected chi connectivity index (χ3v) is 0. The Bertz CT molecular complexity index is 42.3. The number of hydrogen-bond acceptors (Lipinski definition) is 2. The van der Waals surface area contributed by atoms with E-state index < -0.39 is 0 Å². The van der Waals surface area contributed by atoms with E-state index in [1.54, 1.807) is 27.7 Å². The van der Waals surface area contributed by atoms with Crippen LogP contribution in [0.4, 0.5) is 0 Å². The molecule has 0 unspecified atom stereocenters. The molecule has 0 saturated carbocycles. The van der Waals surface area contributed by atoms with Crippen LogP contribution < -0.4 is 0 Å². The Morgan fingerprint density at radius 2 is 0.909 bits per heavy atom. The molecule has 0 aromatic heterocycles. The van der Waals surface area contributed by atoms with Gasteiger partial charge in [-0.1, -0.05) is 0 Å². The molecule has 70 valence electrons. The van der Waals surface area contributed by atoms with Gasteiger partial charge >= 0.3 is 43.0 Å². The molecule has 0 heterocycles. The van der Waals surface area contributed by atoms with Gasteiger partial charge in [-0.25, -0.2) is 0 Å². The molecule has 5 heteroatoms. The number of aliphatic hydroxyl groups is 2. The minimum absolute atomic E-state index is 0.145. The predicted molar refractivity (Wildman–Crippen MR) is 52.6 cm³/mol.